The van der Waals surface area contributed by atoms with Crippen molar-refractivity contribution >= 4 is 5.69 Å². The van der Waals surface area contributed by atoms with E-state index in [0.29, 0.717) is 28.9 Å². The second-order valence-electron chi connectivity index (χ2n) is 5.11. The van der Waals surface area contributed by atoms with Crippen LogP contribution in [-0.4, -0.2) is 15.4 Å². The van der Waals surface area contributed by atoms with Crippen LogP contribution in [0.1, 0.15) is 11.3 Å². The normalized spacial score (nSPS) is 10.5. The van der Waals surface area contributed by atoms with E-state index in [1.54, 1.807) is 42.5 Å². The van der Waals surface area contributed by atoms with Gasteiger partial charge in [-0.05, 0) is 34.9 Å². The van der Waals surface area contributed by atoms with E-state index in [9.17, 15) is 9.90 Å². The van der Waals surface area contributed by atoms with E-state index in [2.05, 4.69) is 15.7 Å². The third-order valence-corrected chi connectivity index (χ3v) is 3.47. The number of nitrogens with zero attached hydrogens (tertiary/aromatic N) is 1. The first-order valence-corrected chi connectivity index (χ1v) is 7.01. The first-order chi connectivity index (χ1) is 11.2. The summed E-state index contributed by atoms with van der Waals surface area (Å²) >= 11 is 0. The van der Waals surface area contributed by atoms with Gasteiger partial charge in [0.25, 0.3) is 5.56 Å². The van der Waals surface area contributed by atoms with Crippen LogP contribution in [0.4, 0.5) is 5.69 Å². The summed E-state index contributed by atoms with van der Waals surface area (Å²) in [6, 6.07) is 15.1. The number of hydrogen-bond acceptors (Lipinski definition) is 5. The Morgan fingerprint density at radius 3 is 2.74 bits per heavy atom. The maximum atomic E-state index is 12.1. The Labute approximate surface area is 132 Å². The summed E-state index contributed by atoms with van der Waals surface area (Å²) in [7, 11) is 0. The van der Waals surface area contributed by atoms with E-state index < -0.39 is 0 Å². The van der Waals surface area contributed by atoms with Crippen LogP contribution in [-0.2, 0) is 6.42 Å². The molecule has 0 spiro atoms. The summed E-state index contributed by atoms with van der Waals surface area (Å²) in [6.45, 7) is 0. The lowest BCUT2D eigenvalue weighted by Gasteiger charge is -2.16. The molecule has 116 valence electrons. The maximum Gasteiger partial charge on any atom is 0.264 e. The summed E-state index contributed by atoms with van der Waals surface area (Å²) in [6.07, 6.45) is 0.502. The van der Waals surface area contributed by atoms with Gasteiger partial charge in [0.2, 0.25) is 0 Å². The molecule has 3 rings (SSSR count). The average molecular weight is 308 g/mol. The first-order valence-electron chi connectivity index (χ1n) is 7.01. The highest BCUT2D eigenvalue weighted by Crippen LogP contribution is 2.30. The fourth-order valence-corrected chi connectivity index (χ4v) is 2.35. The minimum atomic E-state index is -0.252. The monoisotopic (exact) mass is 308 g/mol. The molecule has 0 radical (unpaired) electrons. The van der Waals surface area contributed by atoms with Gasteiger partial charge >= 0.3 is 0 Å². The molecule has 23 heavy (non-hydrogen) atoms. The SMILES string of the molecule is O=c1ccc(Cc2ccc([O-])c(-c3cccc(NO)c3)c2)n[nH]1. The van der Waals surface area contributed by atoms with E-state index in [1.165, 1.54) is 12.1 Å². The number of rotatable bonds is 4. The van der Waals surface area contributed by atoms with Crippen molar-refractivity contribution < 1.29 is 10.3 Å². The smallest absolute Gasteiger partial charge is 0.264 e. The predicted octanol–water partition coefficient (Wildman–Crippen LogP) is 1.90. The summed E-state index contributed by atoms with van der Waals surface area (Å²) < 4.78 is 0. The number of hydrogen-bond donors (Lipinski definition) is 3. The van der Waals surface area contributed by atoms with Crippen LogP contribution < -0.4 is 16.1 Å². The van der Waals surface area contributed by atoms with Crippen LogP contribution >= 0.6 is 0 Å². The van der Waals surface area contributed by atoms with E-state index in [4.69, 9.17) is 5.21 Å². The summed E-state index contributed by atoms with van der Waals surface area (Å²) in [5, 5.41) is 27.5. The van der Waals surface area contributed by atoms with Crippen molar-refractivity contribution in [2.75, 3.05) is 5.48 Å². The minimum Gasteiger partial charge on any atom is -0.872 e. The van der Waals surface area contributed by atoms with E-state index in [1.807, 2.05) is 0 Å². The highest BCUT2D eigenvalue weighted by molar-refractivity contribution is 5.73. The molecule has 0 aliphatic heterocycles. The van der Waals surface area contributed by atoms with Crippen LogP contribution in [0.3, 0.4) is 0 Å². The van der Waals surface area contributed by atoms with Gasteiger partial charge in [0.15, 0.2) is 0 Å². The Balaban J connectivity index is 1.95. The average Bonchev–Trinajstić information content (AvgIpc) is 2.58. The maximum absolute atomic E-state index is 12.1. The second-order valence-corrected chi connectivity index (χ2v) is 5.11. The molecule has 0 aliphatic rings. The molecular formula is C17H14N3O3-. The molecule has 1 aromatic heterocycles. The van der Waals surface area contributed by atoms with Gasteiger partial charge in [0.1, 0.15) is 0 Å². The number of benzene rings is 2. The van der Waals surface area contributed by atoms with Gasteiger partial charge in [-0.2, -0.15) is 5.10 Å². The topological polar surface area (TPSA) is 101 Å². The lowest BCUT2D eigenvalue weighted by molar-refractivity contribution is -0.267. The predicted molar refractivity (Wildman–Crippen MR) is 84.4 cm³/mol. The van der Waals surface area contributed by atoms with Gasteiger partial charge in [-0.3, -0.25) is 15.5 Å². The van der Waals surface area contributed by atoms with Crippen LogP contribution in [0.2, 0.25) is 0 Å². The molecule has 0 bridgehead atoms. The highest BCUT2D eigenvalue weighted by atomic mass is 16.5. The van der Waals surface area contributed by atoms with E-state index in [0.717, 1.165) is 5.56 Å². The van der Waals surface area contributed by atoms with Gasteiger partial charge in [0.05, 0.1) is 11.4 Å². The number of aromatic nitrogens is 2. The molecule has 2 aromatic carbocycles. The van der Waals surface area contributed by atoms with Crippen molar-refractivity contribution in [2.45, 2.75) is 6.42 Å². The summed E-state index contributed by atoms with van der Waals surface area (Å²) in [5.74, 6) is -0.0988. The molecule has 3 N–H and O–H groups in total. The second kappa shape index (κ2) is 6.33. The zero-order chi connectivity index (χ0) is 16.2. The van der Waals surface area contributed by atoms with Crippen LogP contribution in [0.5, 0.6) is 5.75 Å². The Morgan fingerprint density at radius 1 is 1.13 bits per heavy atom. The quantitative estimate of drug-likeness (QED) is 0.639. The summed E-state index contributed by atoms with van der Waals surface area (Å²) in [4.78, 5) is 11.0. The van der Waals surface area contributed by atoms with Crippen LogP contribution in [0.15, 0.2) is 59.4 Å². The first kappa shape index (κ1) is 14.8. The molecule has 0 saturated heterocycles. The molecule has 0 unspecified atom stereocenters. The number of H-pyrrole nitrogens is 1. The third-order valence-electron chi connectivity index (χ3n) is 3.47. The van der Waals surface area contributed by atoms with Crippen LogP contribution in [0, 0.1) is 0 Å². The molecule has 0 amide bonds. The van der Waals surface area contributed by atoms with Gasteiger partial charge in [0, 0.05) is 12.5 Å². The lowest BCUT2D eigenvalue weighted by Crippen LogP contribution is -2.07. The van der Waals surface area contributed by atoms with Gasteiger partial charge < -0.3 is 5.11 Å². The number of anilines is 1. The molecule has 0 aliphatic carbocycles. The highest BCUT2D eigenvalue weighted by Gasteiger charge is 2.04. The Kier molecular flexibility index (Phi) is 4.07. The molecule has 0 atom stereocenters. The Hall–Kier alpha value is -3.12. The zero-order valence-electron chi connectivity index (χ0n) is 12.1. The third kappa shape index (κ3) is 3.38. The van der Waals surface area contributed by atoms with E-state index in [-0.39, 0.29) is 11.3 Å². The standard InChI is InChI=1S/C17H15N3O3/c21-16-6-4-11(8-13-5-7-17(22)19-18-13)9-15(16)12-2-1-3-14(10-12)20-23/h1-7,9-10,20-21,23H,8H2,(H,19,22)/p-1. The molecule has 0 saturated carbocycles. The Bertz CT molecular complexity index is 870. The molecule has 6 nitrogen and oxygen atoms in total. The van der Waals surface area contributed by atoms with Crippen molar-refractivity contribution in [1.29, 1.82) is 0 Å². The minimum absolute atomic E-state index is 0.0988. The Morgan fingerprint density at radius 2 is 2.00 bits per heavy atom. The fraction of sp³-hybridized carbons (Fsp3) is 0.0588. The number of aromatic amines is 1. The number of nitrogens with one attached hydrogen (secondary N) is 2. The van der Waals surface area contributed by atoms with Gasteiger partial charge in [-0.15, -0.1) is 5.75 Å². The molecule has 3 aromatic rings. The summed E-state index contributed by atoms with van der Waals surface area (Å²) in [5.41, 5.74) is 5.20. The van der Waals surface area contributed by atoms with Crippen LogP contribution in [0.25, 0.3) is 11.1 Å². The van der Waals surface area contributed by atoms with Crippen molar-refractivity contribution in [1.82, 2.24) is 10.2 Å². The lowest BCUT2D eigenvalue weighted by atomic mass is 9.99. The van der Waals surface area contributed by atoms with Crippen molar-refractivity contribution in [3.05, 3.63) is 76.2 Å². The van der Waals surface area contributed by atoms with Crippen molar-refractivity contribution in [3.8, 4) is 16.9 Å². The largest absolute Gasteiger partial charge is 0.872 e. The molecule has 1 heterocycles. The van der Waals surface area contributed by atoms with E-state index >= 15 is 0 Å². The van der Waals surface area contributed by atoms with Gasteiger partial charge in [-0.25, -0.2) is 5.10 Å². The molecule has 0 fully saturated rings. The molecular weight excluding hydrogens is 294 g/mol. The molecule has 6 heteroatoms. The van der Waals surface area contributed by atoms with Crippen molar-refractivity contribution in [3.63, 3.8) is 0 Å². The zero-order valence-corrected chi connectivity index (χ0v) is 12.1. The fourth-order valence-electron chi connectivity index (χ4n) is 2.35. The van der Waals surface area contributed by atoms with Crippen molar-refractivity contribution in [2.24, 2.45) is 0 Å². The van der Waals surface area contributed by atoms with Gasteiger partial charge in [-0.1, -0.05) is 30.3 Å².